The lowest BCUT2D eigenvalue weighted by Crippen LogP contribution is -2.21. The summed E-state index contributed by atoms with van der Waals surface area (Å²) < 4.78 is 1.87. The summed E-state index contributed by atoms with van der Waals surface area (Å²) in [6.07, 6.45) is 5.32. The van der Waals surface area contributed by atoms with Gasteiger partial charge in [-0.2, -0.15) is 5.10 Å². The molecule has 0 bridgehead atoms. The van der Waals surface area contributed by atoms with Gasteiger partial charge < -0.3 is 10.2 Å². The number of carbonyl (C=O) groups is 1. The molecule has 2 aromatic rings. The Bertz CT molecular complexity index is 617. The molecule has 0 aliphatic rings. The molecule has 1 amide bonds. The van der Waals surface area contributed by atoms with Crippen LogP contribution in [0.1, 0.15) is 11.3 Å². The molecule has 0 aliphatic heterocycles. The Morgan fingerprint density at radius 1 is 1.27 bits per heavy atom. The van der Waals surface area contributed by atoms with Crippen molar-refractivity contribution >= 4 is 5.91 Å². The Morgan fingerprint density at radius 3 is 2.77 bits per heavy atom. The summed E-state index contributed by atoms with van der Waals surface area (Å²) in [7, 11) is 3.92. The van der Waals surface area contributed by atoms with E-state index >= 15 is 0 Å². The summed E-state index contributed by atoms with van der Waals surface area (Å²) in [4.78, 5) is 13.6. The minimum absolute atomic E-state index is 0.0977. The van der Waals surface area contributed by atoms with Gasteiger partial charge >= 0.3 is 0 Å². The second-order valence-electron chi connectivity index (χ2n) is 5.37. The molecule has 5 nitrogen and oxygen atoms in total. The maximum atomic E-state index is 11.6. The molecule has 1 aromatic carbocycles. The van der Waals surface area contributed by atoms with Crippen molar-refractivity contribution in [3.63, 3.8) is 0 Å². The molecule has 2 rings (SSSR count). The highest BCUT2D eigenvalue weighted by atomic mass is 16.1. The number of hydrogen-bond donors (Lipinski definition) is 1. The summed E-state index contributed by atoms with van der Waals surface area (Å²) in [6.45, 7) is 1.92. The van der Waals surface area contributed by atoms with E-state index in [0.717, 1.165) is 18.8 Å². The van der Waals surface area contributed by atoms with E-state index in [1.165, 1.54) is 5.56 Å². The van der Waals surface area contributed by atoms with Gasteiger partial charge in [-0.25, -0.2) is 0 Å². The highest BCUT2D eigenvalue weighted by molar-refractivity contribution is 5.87. The summed E-state index contributed by atoms with van der Waals surface area (Å²) in [5.74, 6) is -0.0977. The van der Waals surface area contributed by atoms with Gasteiger partial charge in [0.05, 0.1) is 18.8 Å². The first-order chi connectivity index (χ1) is 10.6. The predicted molar refractivity (Wildman–Crippen MR) is 87.3 cm³/mol. The van der Waals surface area contributed by atoms with E-state index in [9.17, 15) is 4.79 Å². The van der Waals surface area contributed by atoms with Gasteiger partial charge in [0.2, 0.25) is 5.91 Å². The number of nitrogens with zero attached hydrogens (tertiary/aromatic N) is 3. The average Bonchev–Trinajstić information content (AvgIpc) is 2.93. The third kappa shape index (κ3) is 5.54. The third-order valence-corrected chi connectivity index (χ3v) is 3.07. The Morgan fingerprint density at radius 2 is 2.05 bits per heavy atom. The second-order valence-corrected chi connectivity index (χ2v) is 5.37. The van der Waals surface area contributed by atoms with E-state index in [0.29, 0.717) is 6.54 Å². The molecule has 0 spiro atoms. The second kappa shape index (κ2) is 8.14. The van der Waals surface area contributed by atoms with E-state index < -0.39 is 0 Å². The van der Waals surface area contributed by atoms with Crippen LogP contribution in [0.5, 0.6) is 0 Å². The monoisotopic (exact) mass is 298 g/mol. The van der Waals surface area contributed by atoms with Crippen molar-refractivity contribution in [2.75, 3.05) is 20.6 Å². The Kier molecular flexibility index (Phi) is 5.91. The summed E-state index contributed by atoms with van der Waals surface area (Å²) >= 11 is 0. The summed E-state index contributed by atoms with van der Waals surface area (Å²) in [5, 5.41) is 7.29. The molecule has 1 heterocycles. The lowest BCUT2D eigenvalue weighted by atomic mass is 10.2. The molecular formula is C17H22N4O. The van der Waals surface area contributed by atoms with Crippen LogP contribution in [0.4, 0.5) is 0 Å². The van der Waals surface area contributed by atoms with Crippen molar-refractivity contribution < 1.29 is 4.79 Å². The first-order valence-electron chi connectivity index (χ1n) is 7.29. The molecular weight excluding hydrogens is 276 g/mol. The molecule has 0 saturated heterocycles. The minimum Gasteiger partial charge on any atom is -0.347 e. The Balaban J connectivity index is 1.80. The van der Waals surface area contributed by atoms with Crippen molar-refractivity contribution in [1.82, 2.24) is 20.0 Å². The van der Waals surface area contributed by atoms with Crippen LogP contribution in [0.2, 0.25) is 0 Å². The molecule has 0 unspecified atom stereocenters. The van der Waals surface area contributed by atoms with E-state index in [1.807, 2.05) is 60.2 Å². The van der Waals surface area contributed by atoms with Gasteiger partial charge in [-0.15, -0.1) is 0 Å². The van der Waals surface area contributed by atoms with Gasteiger partial charge in [0.1, 0.15) is 0 Å². The number of benzene rings is 1. The van der Waals surface area contributed by atoms with Crippen LogP contribution in [-0.2, 0) is 17.9 Å². The van der Waals surface area contributed by atoms with Crippen LogP contribution < -0.4 is 5.32 Å². The fraction of sp³-hybridized carbons (Fsp3) is 0.294. The standard InChI is InChI=1S/C17H22N4O/c1-20(2)11-6-9-17(22)18-13-16-10-12-21(19-16)14-15-7-4-3-5-8-15/h3-10,12H,11,13-14H2,1-2H3,(H,18,22)/b9-6+. The fourth-order valence-corrected chi connectivity index (χ4v) is 1.96. The van der Waals surface area contributed by atoms with Gasteiger partial charge in [-0.1, -0.05) is 36.4 Å². The van der Waals surface area contributed by atoms with E-state index in [-0.39, 0.29) is 5.91 Å². The zero-order valence-electron chi connectivity index (χ0n) is 13.1. The van der Waals surface area contributed by atoms with Crippen molar-refractivity contribution in [2.45, 2.75) is 13.1 Å². The molecule has 116 valence electrons. The number of hydrogen-bond acceptors (Lipinski definition) is 3. The van der Waals surface area contributed by atoms with Crippen LogP contribution in [0, 0.1) is 0 Å². The first-order valence-corrected chi connectivity index (χ1v) is 7.29. The summed E-state index contributed by atoms with van der Waals surface area (Å²) in [6, 6.07) is 12.1. The highest BCUT2D eigenvalue weighted by Gasteiger charge is 2.01. The minimum atomic E-state index is -0.0977. The normalized spacial score (nSPS) is 11.2. The van der Waals surface area contributed by atoms with Crippen LogP contribution in [0.3, 0.4) is 0 Å². The van der Waals surface area contributed by atoms with Gasteiger partial charge in [0, 0.05) is 18.8 Å². The smallest absolute Gasteiger partial charge is 0.244 e. The van der Waals surface area contributed by atoms with Crippen LogP contribution >= 0.6 is 0 Å². The van der Waals surface area contributed by atoms with Crippen LogP contribution in [0.15, 0.2) is 54.7 Å². The molecule has 1 N–H and O–H groups in total. The van der Waals surface area contributed by atoms with Crippen molar-refractivity contribution in [3.8, 4) is 0 Å². The van der Waals surface area contributed by atoms with Gasteiger partial charge in [0.25, 0.3) is 0 Å². The van der Waals surface area contributed by atoms with Crippen molar-refractivity contribution in [3.05, 3.63) is 66.0 Å². The largest absolute Gasteiger partial charge is 0.347 e. The zero-order valence-corrected chi connectivity index (χ0v) is 13.1. The third-order valence-electron chi connectivity index (χ3n) is 3.07. The predicted octanol–water partition coefficient (Wildman–Crippen LogP) is 1.67. The number of carbonyl (C=O) groups excluding carboxylic acids is 1. The fourth-order valence-electron chi connectivity index (χ4n) is 1.96. The first kappa shape index (κ1) is 16.0. The van der Waals surface area contributed by atoms with E-state index in [1.54, 1.807) is 6.08 Å². The molecule has 0 fully saturated rings. The number of amides is 1. The van der Waals surface area contributed by atoms with Gasteiger partial charge in [-0.05, 0) is 25.7 Å². The van der Waals surface area contributed by atoms with Crippen LogP contribution in [0.25, 0.3) is 0 Å². The maximum absolute atomic E-state index is 11.6. The SMILES string of the molecule is CN(C)C/C=C/C(=O)NCc1ccn(Cc2ccccc2)n1. The number of aromatic nitrogens is 2. The molecule has 1 aromatic heterocycles. The lowest BCUT2D eigenvalue weighted by Gasteiger charge is -2.04. The molecule has 22 heavy (non-hydrogen) atoms. The molecule has 5 heteroatoms. The Hall–Kier alpha value is -2.40. The van der Waals surface area contributed by atoms with Crippen molar-refractivity contribution in [2.24, 2.45) is 0 Å². The average molecular weight is 298 g/mol. The summed E-state index contributed by atoms with van der Waals surface area (Å²) in [5.41, 5.74) is 2.05. The molecule has 0 atom stereocenters. The number of likely N-dealkylation sites (N-methyl/N-ethyl adjacent to an activating group) is 1. The van der Waals surface area contributed by atoms with Gasteiger partial charge in [0.15, 0.2) is 0 Å². The van der Waals surface area contributed by atoms with Crippen molar-refractivity contribution in [1.29, 1.82) is 0 Å². The van der Waals surface area contributed by atoms with E-state index in [4.69, 9.17) is 0 Å². The topological polar surface area (TPSA) is 50.2 Å². The number of rotatable bonds is 7. The van der Waals surface area contributed by atoms with E-state index in [2.05, 4.69) is 22.5 Å². The van der Waals surface area contributed by atoms with Crippen LogP contribution in [-0.4, -0.2) is 41.2 Å². The maximum Gasteiger partial charge on any atom is 0.244 e. The quantitative estimate of drug-likeness (QED) is 0.791. The zero-order chi connectivity index (χ0) is 15.8. The van der Waals surface area contributed by atoms with Gasteiger partial charge in [-0.3, -0.25) is 9.48 Å². The Labute approximate surface area is 131 Å². The molecule has 0 aliphatic carbocycles. The number of nitrogens with one attached hydrogen (secondary N) is 1. The lowest BCUT2D eigenvalue weighted by molar-refractivity contribution is -0.116. The molecule has 0 saturated carbocycles. The molecule has 0 radical (unpaired) electrons. The highest BCUT2D eigenvalue weighted by Crippen LogP contribution is 2.03.